The number of carbonyl (C=O) groups is 2. The van der Waals surface area contributed by atoms with Crippen LogP contribution in [0.25, 0.3) is 5.69 Å². The summed E-state index contributed by atoms with van der Waals surface area (Å²) in [6.07, 6.45) is 1.57. The van der Waals surface area contributed by atoms with Gasteiger partial charge in [0.15, 0.2) is 5.16 Å². The summed E-state index contributed by atoms with van der Waals surface area (Å²) in [5.74, 6) is -1.84. The quantitative estimate of drug-likeness (QED) is 0.520. The van der Waals surface area contributed by atoms with Crippen LogP contribution in [0.15, 0.2) is 60.0 Å². The molecule has 0 unspecified atom stereocenters. The maximum Gasteiger partial charge on any atom is 0.272 e. The number of aromatic nitrogens is 3. The number of hydrogen-bond acceptors (Lipinski definition) is 5. The summed E-state index contributed by atoms with van der Waals surface area (Å²) in [6, 6.07) is 13.2. The number of amides is 2. The van der Waals surface area contributed by atoms with Gasteiger partial charge in [-0.1, -0.05) is 42.1 Å². The van der Waals surface area contributed by atoms with Gasteiger partial charge in [-0.15, -0.1) is 10.2 Å². The van der Waals surface area contributed by atoms with Crippen molar-refractivity contribution in [3.8, 4) is 5.69 Å². The molecule has 7 nitrogen and oxygen atoms in total. The second-order valence-electron chi connectivity index (χ2n) is 5.54. The predicted molar refractivity (Wildman–Crippen MR) is 98.8 cm³/mol. The van der Waals surface area contributed by atoms with Crippen molar-refractivity contribution in [2.75, 3.05) is 5.75 Å². The molecule has 0 aliphatic heterocycles. The van der Waals surface area contributed by atoms with E-state index in [1.165, 1.54) is 36.0 Å². The maximum atomic E-state index is 13.5. The number of hydrazine groups is 1. The first-order chi connectivity index (χ1) is 13.1. The molecule has 0 radical (unpaired) electrons. The van der Waals surface area contributed by atoms with Gasteiger partial charge in [-0.3, -0.25) is 25.0 Å². The average Bonchev–Trinajstić information content (AvgIpc) is 3.13. The van der Waals surface area contributed by atoms with Crippen LogP contribution in [0.3, 0.4) is 0 Å². The van der Waals surface area contributed by atoms with E-state index in [9.17, 15) is 14.0 Å². The van der Waals surface area contributed by atoms with Crippen LogP contribution < -0.4 is 10.9 Å². The smallest absolute Gasteiger partial charge is 0.272 e. The van der Waals surface area contributed by atoms with E-state index in [1.54, 1.807) is 10.9 Å². The Kier molecular flexibility index (Phi) is 5.82. The van der Waals surface area contributed by atoms with Gasteiger partial charge in [-0.25, -0.2) is 4.39 Å². The number of benzene rings is 2. The highest BCUT2D eigenvalue weighted by atomic mass is 32.2. The fourth-order valence-electron chi connectivity index (χ4n) is 2.33. The summed E-state index contributed by atoms with van der Waals surface area (Å²) in [7, 11) is 0. The van der Waals surface area contributed by atoms with Crippen molar-refractivity contribution < 1.29 is 14.0 Å². The molecule has 0 aliphatic carbocycles. The van der Waals surface area contributed by atoms with E-state index in [4.69, 9.17) is 0 Å². The number of hydrogen-bond donors (Lipinski definition) is 2. The normalized spacial score (nSPS) is 10.4. The molecule has 1 aromatic heterocycles. The Labute approximate surface area is 159 Å². The number of rotatable bonds is 5. The first-order valence-electron chi connectivity index (χ1n) is 7.99. The lowest BCUT2D eigenvalue weighted by atomic mass is 10.2. The van der Waals surface area contributed by atoms with Crippen LogP contribution in [0.5, 0.6) is 0 Å². The molecule has 3 rings (SSSR count). The summed E-state index contributed by atoms with van der Waals surface area (Å²) < 4.78 is 15.3. The molecule has 0 atom stereocenters. The van der Waals surface area contributed by atoms with Crippen LogP contribution in [0.1, 0.15) is 15.9 Å². The molecule has 3 aromatic rings. The number of nitrogens with zero attached hydrogens (tertiary/aromatic N) is 3. The Balaban J connectivity index is 1.56. The minimum absolute atomic E-state index is 0.00211. The van der Waals surface area contributed by atoms with E-state index >= 15 is 0 Å². The van der Waals surface area contributed by atoms with Gasteiger partial charge >= 0.3 is 0 Å². The molecule has 27 heavy (non-hydrogen) atoms. The van der Waals surface area contributed by atoms with Crippen LogP contribution in [-0.2, 0) is 4.79 Å². The SMILES string of the molecule is Cc1ccccc1-n1cnnc1SCC(=O)NNC(=O)c1ccccc1F. The molecule has 0 aliphatic rings. The van der Waals surface area contributed by atoms with E-state index in [-0.39, 0.29) is 11.3 Å². The van der Waals surface area contributed by atoms with Gasteiger partial charge in [0.2, 0.25) is 5.91 Å². The van der Waals surface area contributed by atoms with Crippen LogP contribution in [0, 0.1) is 12.7 Å². The number of nitrogens with one attached hydrogen (secondary N) is 2. The topological polar surface area (TPSA) is 88.9 Å². The monoisotopic (exact) mass is 385 g/mol. The number of halogens is 1. The molecular formula is C18H16FN5O2S. The summed E-state index contributed by atoms with van der Waals surface area (Å²) in [4.78, 5) is 23.9. The zero-order valence-corrected chi connectivity index (χ0v) is 15.2. The van der Waals surface area contributed by atoms with Gasteiger partial charge in [0.05, 0.1) is 17.0 Å². The summed E-state index contributed by atoms with van der Waals surface area (Å²) >= 11 is 1.17. The fraction of sp³-hybridized carbons (Fsp3) is 0.111. The Hall–Kier alpha value is -3.20. The lowest BCUT2D eigenvalue weighted by Crippen LogP contribution is -2.42. The lowest BCUT2D eigenvalue weighted by Gasteiger charge is -2.10. The third-order valence-electron chi connectivity index (χ3n) is 3.66. The summed E-state index contributed by atoms with van der Waals surface area (Å²) in [5.41, 5.74) is 6.26. The highest BCUT2D eigenvalue weighted by Gasteiger charge is 2.14. The van der Waals surface area contributed by atoms with Gasteiger partial charge in [0.25, 0.3) is 5.91 Å². The van der Waals surface area contributed by atoms with E-state index < -0.39 is 17.6 Å². The minimum Gasteiger partial charge on any atom is -0.276 e. The summed E-state index contributed by atoms with van der Waals surface area (Å²) in [5, 5.41) is 8.45. The molecule has 2 N–H and O–H groups in total. The fourth-order valence-corrected chi connectivity index (χ4v) is 3.05. The Morgan fingerprint density at radius 2 is 1.85 bits per heavy atom. The number of aryl methyl sites for hydroxylation is 1. The zero-order chi connectivity index (χ0) is 19.2. The van der Waals surface area contributed by atoms with Crippen LogP contribution >= 0.6 is 11.8 Å². The third-order valence-corrected chi connectivity index (χ3v) is 4.60. The van der Waals surface area contributed by atoms with Gasteiger partial charge in [0.1, 0.15) is 12.1 Å². The van der Waals surface area contributed by atoms with Crippen molar-refractivity contribution in [3.05, 3.63) is 71.8 Å². The van der Waals surface area contributed by atoms with Crippen molar-refractivity contribution in [1.82, 2.24) is 25.6 Å². The molecule has 0 bridgehead atoms. The molecule has 0 saturated carbocycles. The van der Waals surface area contributed by atoms with Gasteiger partial charge in [-0.05, 0) is 30.7 Å². The summed E-state index contributed by atoms with van der Waals surface area (Å²) in [6.45, 7) is 1.97. The van der Waals surface area contributed by atoms with E-state index in [2.05, 4.69) is 21.0 Å². The van der Waals surface area contributed by atoms with Crippen molar-refractivity contribution in [1.29, 1.82) is 0 Å². The van der Waals surface area contributed by atoms with Gasteiger partial charge in [-0.2, -0.15) is 0 Å². The molecule has 0 spiro atoms. The van der Waals surface area contributed by atoms with Crippen LogP contribution in [-0.4, -0.2) is 32.3 Å². The second-order valence-corrected chi connectivity index (χ2v) is 6.48. The number of carbonyl (C=O) groups excluding carboxylic acids is 2. The molecule has 2 aromatic carbocycles. The lowest BCUT2D eigenvalue weighted by molar-refractivity contribution is -0.119. The maximum absolute atomic E-state index is 13.5. The van der Waals surface area contributed by atoms with Gasteiger partial charge < -0.3 is 0 Å². The molecule has 0 saturated heterocycles. The third kappa shape index (κ3) is 4.50. The van der Waals surface area contributed by atoms with Gasteiger partial charge in [0, 0.05) is 0 Å². The molecular weight excluding hydrogens is 369 g/mol. The van der Waals surface area contributed by atoms with Crippen LogP contribution in [0.4, 0.5) is 4.39 Å². The predicted octanol–water partition coefficient (Wildman–Crippen LogP) is 2.27. The Morgan fingerprint density at radius 1 is 1.11 bits per heavy atom. The van der Waals surface area contributed by atoms with Crippen molar-refractivity contribution in [3.63, 3.8) is 0 Å². The highest BCUT2D eigenvalue weighted by Crippen LogP contribution is 2.21. The zero-order valence-electron chi connectivity index (χ0n) is 14.3. The van der Waals surface area contributed by atoms with E-state index in [0.717, 1.165) is 11.3 Å². The van der Waals surface area contributed by atoms with Crippen molar-refractivity contribution in [2.24, 2.45) is 0 Å². The van der Waals surface area contributed by atoms with Crippen molar-refractivity contribution >= 4 is 23.6 Å². The second kappa shape index (κ2) is 8.45. The van der Waals surface area contributed by atoms with E-state index in [0.29, 0.717) is 5.16 Å². The number of para-hydroxylation sites is 1. The first-order valence-corrected chi connectivity index (χ1v) is 8.97. The Bertz CT molecular complexity index is 976. The van der Waals surface area contributed by atoms with Crippen molar-refractivity contribution in [2.45, 2.75) is 12.1 Å². The average molecular weight is 385 g/mol. The number of thioether (sulfide) groups is 1. The molecule has 1 heterocycles. The molecule has 138 valence electrons. The molecule has 0 fully saturated rings. The molecule has 9 heteroatoms. The highest BCUT2D eigenvalue weighted by molar-refractivity contribution is 7.99. The standard InChI is InChI=1S/C18H16FN5O2S/c1-12-6-2-5-9-15(12)24-11-20-23-18(24)27-10-16(25)21-22-17(26)13-7-3-4-8-14(13)19/h2-9,11H,10H2,1H3,(H,21,25)(H,22,26). The largest absolute Gasteiger partial charge is 0.276 e. The van der Waals surface area contributed by atoms with E-state index in [1.807, 2.05) is 31.2 Å². The minimum atomic E-state index is -0.727. The van der Waals surface area contributed by atoms with Crippen LogP contribution in [0.2, 0.25) is 0 Å². The Morgan fingerprint density at radius 3 is 2.63 bits per heavy atom. The molecule has 2 amide bonds. The first kappa shape index (κ1) is 18.6.